The Morgan fingerprint density at radius 1 is 1.21 bits per heavy atom. The van der Waals surface area contributed by atoms with E-state index >= 15 is 0 Å². The summed E-state index contributed by atoms with van der Waals surface area (Å²) in [5.74, 6) is 0. The van der Waals surface area contributed by atoms with Crippen molar-refractivity contribution in [2.24, 2.45) is 0 Å². The van der Waals surface area contributed by atoms with E-state index in [1.165, 1.54) is 0 Å². The fourth-order valence-corrected chi connectivity index (χ4v) is 5.47. The van der Waals surface area contributed by atoms with Gasteiger partial charge in [0.15, 0.2) is 13.8 Å². The van der Waals surface area contributed by atoms with Gasteiger partial charge in [-0.3, -0.25) is 0 Å². The highest BCUT2D eigenvalue weighted by molar-refractivity contribution is 7.92. The maximum Gasteiger partial charge on any atom is 0.207 e. The number of epoxide rings is 1. The van der Waals surface area contributed by atoms with Crippen molar-refractivity contribution >= 4 is 18.2 Å². The van der Waals surface area contributed by atoms with Crippen molar-refractivity contribution in [2.75, 3.05) is 0 Å². The van der Waals surface area contributed by atoms with Gasteiger partial charge in [0.2, 0.25) is 9.84 Å². The first-order chi connectivity index (χ1) is 11.0. The summed E-state index contributed by atoms with van der Waals surface area (Å²) in [5, 5.41) is 0.0850. The molecule has 0 aliphatic carbocycles. The van der Waals surface area contributed by atoms with Crippen LogP contribution in [0.15, 0.2) is 35.2 Å². The summed E-state index contributed by atoms with van der Waals surface area (Å²) >= 11 is 0. The molecular weight excluding hydrogens is 340 g/mol. The van der Waals surface area contributed by atoms with Crippen LogP contribution in [-0.4, -0.2) is 34.4 Å². The van der Waals surface area contributed by atoms with Crippen LogP contribution in [-0.2, 0) is 19.0 Å². The SMILES string of the molecule is CCC[C@@H](O[Si](C)(C)C(C)(C)C)[C@H]1O[C@@H]1S(=O)(=O)c1ccccc1. The van der Waals surface area contributed by atoms with Crippen molar-refractivity contribution in [3.63, 3.8) is 0 Å². The molecule has 0 bridgehead atoms. The smallest absolute Gasteiger partial charge is 0.207 e. The second-order valence-corrected chi connectivity index (χ2v) is 14.8. The molecule has 4 nitrogen and oxygen atoms in total. The number of rotatable bonds is 7. The normalized spacial score (nSPS) is 23.1. The lowest BCUT2D eigenvalue weighted by molar-refractivity contribution is 0.133. The highest BCUT2D eigenvalue weighted by atomic mass is 32.2. The average Bonchev–Trinajstić information content (AvgIpc) is 3.27. The predicted molar refractivity (Wildman–Crippen MR) is 99.3 cm³/mol. The highest BCUT2D eigenvalue weighted by Gasteiger charge is 2.55. The number of benzene rings is 1. The van der Waals surface area contributed by atoms with E-state index in [-0.39, 0.29) is 17.2 Å². The molecule has 0 amide bonds. The summed E-state index contributed by atoms with van der Waals surface area (Å²) in [4.78, 5) is 0.320. The minimum atomic E-state index is -3.46. The van der Waals surface area contributed by atoms with E-state index in [1.807, 2.05) is 6.07 Å². The van der Waals surface area contributed by atoms with Gasteiger partial charge in [0.05, 0.1) is 11.0 Å². The van der Waals surface area contributed by atoms with E-state index in [9.17, 15) is 8.42 Å². The Kier molecular flexibility index (Phi) is 5.64. The number of hydrogen-bond acceptors (Lipinski definition) is 4. The summed E-state index contributed by atoms with van der Waals surface area (Å²) in [5.41, 5.74) is -0.777. The van der Waals surface area contributed by atoms with E-state index in [1.54, 1.807) is 24.3 Å². The second kappa shape index (κ2) is 6.90. The lowest BCUT2D eigenvalue weighted by Crippen LogP contribution is -2.45. The van der Waals surface area contributed by atoms with Gasteiger partial charge in [-0.05, 0) is 36.7 Å². The van der Waals surface area contributed by atoms with E-state index in [0.717, 1.165) is 12.8 Å². The van der Waals surface area contributed by atoms with Crippen molar-refractivity contribution in [1.29, 1.82) is 0 Å². The molecular formula is C18H30O4SSi. The Morgan fingerprint density at radius 2 is 1.79 bits per heavy atom. The first-order valence-corrected chi connectivity index (χ1v) is 13.1. The van der Waals surface area contributed by atoms with Gasteiger partial charge < -0.3 is 9.16 Å². The molecule has 24 heavy (non-hydrogen) atoms. The van der Waals surface area contributed by atoms with Crippen LogP contribution in [0.4, 0.5) is 0 Å². The molecule has 1 aliphatic rings. The molecule has 136 valence electrons. The van der Waals surface area contributed by atoms with Gasteiger partial charge in [-0.2, -0.15) is 0 Å². The largest absolute Gasteiger partial charge is 0.411 e. The van der Waals surface area contributed by atoms with Gasteiger partial charge in [-0.1, -0.05) is 52.3 Å². The maximum atomic E-state index is 12.7. The zero-order valence-electron chi connectivity index (χ0n) is 15.6. The zero-order chi connectivity index (χ0) is 18.2. The third kappa shape index (κ3) is 4.10. The molecule has 0 spiro atoms. The molecule has 6 heteroatoms. The quantitative estimate of drug-likeness (QED) is 0.528. The zero-order valence-corrected chi connectivity index (χ0v) is 17.4. The second-order valence-electron chi connectivity index (χ2n) is 8.03. The topological polar surface area (TPSA) is 55.9 Å². The van der Waals surface area contributed by atoms with Crippen LogP contribution in [0.2, 0.25) is 18.1 Å². The molecule has 1 aromatic carbocycles. The Hall–Kier alpha value is -0.693. The first kappa shape index (κ1) is 19.6. The molecule has 0 aromatic heterocycles. The van der Waals surface area contributed by atoms with Crippen LogP contribution in [0.1, 0.15) is 40.5 Å². The molecule has 0 unspecified atom stereocenters. The molecule has 1 aromatic rings. The molecule has 2 rings (SSSR count). The van der Waals surface area contributed by atoms with Gasteiger partial charge in [-0.15, -0.1) is 0 Å². The van der Waals surface area contributed by atoms with E-state index < -0.39 is 23.6 Å². The van der Waals surface area contributed by atoms with Crippen molar-refractivity contribution in [3.05, 3.63) is 30.3 Å². The summed E-state index contributed by atoms with van der Waals surface area (Å²) in [7, 11) is -5.43. The van der Waals surface area contributed by atoms with Crippen LogP contribution in [0.3, 0.4) is 0 Å². The Bertz CT molecular complexity index is 649. The summed E-state index contributed by atoms with van der Waals surface area (Å²) in [6.07, 6.45) is 1.25. The van der Waals surface area contributed by atoms with E-state index in [2.05, 4.69) is 40.8 Å². The van der Waals surface area contributed by atoms with Gasteiger partial charge in [-0.25, -0.2) is 8.42 Å². The number of sulfone groups is 1. The third-order valence-electron chi connectivity index (χ3n) is 5.05. The summed E-state index contributed by atoms with van der Waals surface area (Å²) < 4.78 is 37.5. The summed E-state index contributed by atoms with van der Waals surface area (Å²) in [6, 6.07) is 8.53. The van der Waals surface area contributed by atoms with Gasteiger partial charge in [0, 0.05) is 0 Å². The van der Waals surface area contributed by atoms with Crippen LogP contribution in [0.25, 0.3) is 0 Å². The van der Waals surface area contributed by atoms with Gasteiger partial charge >= 0.3 is 0 Å². The fourth-order valence-electron chi connectivity index (χ4n) is 2.50. The standard InChI is InChI=1S/C18H30O4SSi/c1-7-11-15(22-24(5,6)18(2,3)4)16-17(21-16)23(19,20)14-12-9-8-10-13-14/h8-10,12-13,15-17H,7,11H2,1-6H3/t15-,16-,17-/m1/s1. The van der Waals surface area contributed by atoms with Crippen molar-refractivity contribution in [1.82, 2.24) is 0 Å². The van der Waals surface area contributed by atoms with E-state index in [0.29, 0.717) is 4.90 Å². The molecule has 1 heterocycles. The minimum Gasteiger partial charge on any atom is -0.411 e. The van der Waals surface area contributed by atoms with Crippen LogP contribution < -0.4 is 0 Å². The molecule has 1 fully saturated rings. The Balaban J connectivity index is 2.15. The molecule has 1 saturated heterocycles. The minimum absolute atomic E-state index is 0.0850. The third-order valence-corrected chi connectivity index (χ3v) is 11.5. The number of ether oxygens (including phenoxy) is 1. The Morgan fingerprint density at radius 3 is 2.29 bits per heavy atom. The lowest BCUT2D eigenvalue weighted by atomic mass is 10.1. The van der Waals surface area contributed by atoms with Gasteiger partial charge in [0.25, 0.3) is 0 Å². The van der Waals surface area contributed by atoms with Crippen LogP contribution in [0, 0.1) is 0 Å². The maximum absolute atomic E-state index is 12.7. The molecule has 0 saturated carbocycles. The van der Waals surface area contributed by atoms with Crippen molar-refractivity contribution in [3.8, 4) is 0 Å². The molecule has 1 aliphatic heterocycles. The molecule has 3 atom stereocenters. The van der Waals surface area contributed by atoms with Crippen molar-refractivity contribution < 1.29 is 17.6 Å². The predicted octanol–water partition coefficient (Wildman–Crippen LogP) is 4.38. The number of hydrogen-bond donors (Lipinski definition) is 0. The van der Waals surface area contributed by atoms with E-state index in [4.69, 9.17) is 9.16 Å². The van der Waals surface area contributed by atoms with Crippen LogP contribution in [0.5, 0.6) is 0 Å². The average molecular weight is 371 g/mol. The van der Waals surface area contributed by atoms with Crippen LogP contribution >= 0.6 is 0 Å². The fraction of sp³-hybridized carbons (Fsp3) is 0.667. The lowest BCUT2D eigenvalue weighted by Gasteiger charge is -2.39. The first-order valence-electron chi connectivity index (χ1n) is 8.63. The highest BCUT2D eigenvalue weighted by Crippen LogP contribution is 2.42. The molecule has 0 radical (unpaired) electrons. The van der Waals surface area contributed by atoms with Crippen molar-refractivity contribution in [2.45, 2.75) is 81.2 Å². The summed E-state index contributed by atoms with van der Waals surface area (Å²) in [6.45, 7) is 13.0. The Labute approximate surface area is 147 Å². The van der Waals surface area contributed by atoms with Gasteiger partial charge in [0.1, 0.15) is 6.10 Å². The monoisotopic (exact) mass is 370 g/mol. The molecule has 0 N–H and O–H groups in total.